The molecule has 0 aliphatic heterocycles. The Balaban J connectivity index is 2.11. The molecule has 1 heterocycles. The molecule has 0 unspecified atom stereocenters. The van der Waals surface area contributed by atoms with Crippen molar-refractivity contribution in [3.05, 3.63) is 63.8 Å². The number of benzene rings is 2. The number of nitrogens with one attached hydrogen (secondary N) is 1. The van der Waals surface area contributed by atoms with Crippen molar-refractivity contribution in [1.29, 1.82) is 0 Å². The van der Waals surface area contributed by atoms with Crippen molar-refractivity contribution in [3.8, 4) is 16.9 Å². The SMILES string of the molecule is COC(=O)c1scc(-c2ccccc2)c1S(=O)(=O)Nc1ccc(OC)c(Cl)c1. The number of thiophene rings is 1. The topological polar surface area (TPSA) is 81.7 Å². The van der Waals surface area contributed by atoms with Gasteiger partial charge in [-0.15, -0.1) is 11.3 Å². The molecule has 0 bridgehead atoms. The summed E-state index contributed by atoms with van der Waals surface area (Å²) < 4.78 is 38.7. The van der Waals surface area contributed by atoms with E-state index in [0.29, 0.717) is 16.9 Å². The Bertz CT molecular complexity index is 1110. The van der Waals surface area contributed by atoms with Crippen molar-refractivity contribution in [1.82, 2.24) is 0 Å². The first-order valence-electron chi connectivity index (χ1n) is 7.99. The molecule has 0 saturated heterocycles. The van der Waals surface area contributed by atoms with Crippen molar-refractivity contribution < 1.29 is 22.7 Å². The number of sulfonamides is 1. The lowest BCUT2D eigenvalue weighted by atomic mass is 10.1. The van der Waals surface area contributed by atoms with Gasteiger partial charge >= 0.3 is 5.97 Å². The lowest BCUT2D eigenvalue weighted by Crippen LogP contribution is -2.16. The predicted molar refractivity (Wildman–Crippen MR) is 110 cm³/mol. The Hall–Kier alpha value is -2.55. The fourth-order valence-corrected chi connectivity index (χ4v) is 5.63. The maximum absolute atomic E-state index is 13.2. The Kier molecular flexibility index (Phi) is 5.93. The molecule has 0 aliphatic carbocycles. The quantitative estimate of drug-likeness (QED) is 0.567. The second-order valence-corrected chi connectivity index (χ2v) is 8.53. The number of methoxy groups -OCH3 is 2. The van der Waals surface area contributed by atoms with E-state index in [2.05, 4.69) is 4.72 Å². The fraction of sp³-hybridized carbons (Fsp3) is 0.105. The van der Waals surface area contributed by atoms with Crippen LogP contribution in [0, 0.1) is 0 Å². The van der Waals surface area contributed by atoms with Gasteiger partial charge in [-0.1, -0.05) is 41.9 Å². The highest BCUT2D eigenvalue weighted by molar-refractivity contribution is 7.93. The zero-order valence-corrected chi connectivity index (χ0v) is 17.3. The Morgan fingerprint density at radius 3 is 2.43 bits per heavy atom. The van der Waals surface area contributed by atoms with E-state index in [-0.39, 0.29) is 20.5 Å². The van der Waals surface area contributed by atoms with Crippen LogP contribution in [-0.2, 0) is 14.8 Å². The number of rotatable bonds is 6. The Labute approximate surface area is 171 Å². The molecular weight excluding hydrogens is 422 g/mol. The predicted octanol–water partition coefficient (Wildman–Crippen LogP) is 4.66. The van der Waals surface area contributed by atoms with Gasteiger partial charge in [0.15, 0.2) is 0 Å². The molecule has 1 aromatic heterocycles. The summed E-state index contributed by atoms with van der Waals surface area (Å²) in [5.74, 6) is -0.305. The average molecular weight is 438 g/mol. The minimum absolute atomic E-state index is 0.00605. The van der Waals surface area contributed by atoms with Gasteiger partial charge in [-0.25, -0.2) is 13.2 Å². The number of halogens is 1. The van der Waals surface area contributed by atoms with Crippen LogP contribution in [0.25, 0.3) is 11.1 Å². The fourth-order valence-electron chi connectivity index (χ4n) is 2.60. The van der Waals surface area contributed by atoms with Gasteiger partial charge < -0.3 is 9.47 Å². The highest BCUT2D eigenvalue weighted by atomic mass is 35.5. The third kappa shape index (κ3) is 3.99. The van der Waals surface area contributed by atoms with E-state index in [0.717, 1.165) is 11.3 Å². The van der Waals surface area contributed by atoms with Gasteiger partial charge in [-0.05, 0) is 23.8 Å². The second kappa shape index (κ2) is 8.22. The van der Waals surface area contributed by atoms with Gasteiger partial charge in [0, 0.05) is 10.9 Å². The van der Waals surface area contributed by atoms with E-state index in [1.807, 2.05) is 6.07 Å². The number of hydrogen-bond donors (Lipinski definition) is 1. The summed E-state index contributed by atoms with van der Waals surface area (Å²) >= 11 is 7.09. The smallest absolute Gasteiger partial charge is 0.349 e. The minimum atomic E-state index is -4.11. The third-order valence-corrected chi connectivity index (χ3v) is 6.72. The van der Waals surface area contributed by atoms with Crippen molar-refractivity contribution in [2.75, 3.05) is 18.9 Å². The van der Waals surface area contributed by atoms with Crippen LogP contribution >= 0.6 is 22.9 Å². The molecule has 0 fully saturated rings. The molecule has 0 spiro atoms. The number of carbonyl (C=O) groups is 1. The average Bonchev–Trinajstić information content (AvgIpc) is 3.14. The maximum atomic E-state index is 13.2. The number of esters is 1. The lowest BCUT2D eigenvalue weighted by Gasteiger charge is -2.12. The lowest BCUT2D eigenvalue weighted by molar-refractivity contribution is 0.0602. The van der Waals surface area contributed by atoms with E-state index < -0.39 is 16.0 Å². The van der Waals surface area contributed by atoms with Gasteiger partial charge in [0.25, 0.3) is 10.0 Å². The summed E-state index contributed by atoms with van der Waals surface area (Å²) in [6.45, 7) is 0. The molecule has 0 radical (unpaired) electrons. The number of hydrogen-bond acceptors (Lipinski definition) is 6. The first kappa shape index (κ1) is 20.2. The van der Waals surface area contributed by atoms with Gasteiger partial charge in [-0.3, -0.25) is 4.72 Å². The van der Waals surface area contributed by atoms with Gasteiger partial charge in [0.05, 0.1) is 24.9 Å². The van der Waals surface area contributed by atoms with Crippen molar-refractivity contribution in [3.63, 3.8) is 0 Å². The van der Waals surface area contributed by atoms with Crippen LogP contribution in [0.5, 0.6) is 5.75 Å². The van der Waals surface area contributed by atoms with E-state index in [4.69, 9.17) is 21.1 Å². The Morgan fingerprint density at radius 1 is 1.11 bits per heavy atom. The van der Waals surface area contributed by atoms with E-state index in [9.17, 15) is 13.2 Å². The molecule has 3 aromatic rings. The van der Waals surface area contributed by atoms with Crippen LogP contribution in [0.3, 0.4) is 0 Å². The van der Waals surface area contributed by atoms with Crippen LogP contribution in [0.1, 0.15) is 9.67 Å². The molecule has 0 atom stereocenters. The molecule has 0 amide bonds. The first-order valence-corrected chi connectivity index (χ1v) is 10.7. The van der Waals surface area contributed by atoms with Crippen LogP contribution in [0.4, 0.5) is 5.69 Å². The second-order valence-electron chi connectivity index (χ2n) is 5.62. The van der Waals surface area contributed by atoms with Crippen LogP contribution in [0.15, 0.2) is 58.8 Å². The molecule has 0 saturated carbocycles. The molecule has 1 N–H and O–H groups in total. The summed E-state index contributed by atoms with van der Waals surface area (Å²) in [6, 6.07) is 13.4. The standard InChI is InChI=1S/C19H16ClNO5S2/c1-25-16-9-8-13(10-15(16)20)21-28(23,24)18-14(12-6-4-3-5-7-12)11-27-17(18)19(22)26-2/h3-11,21H,1-2H3. The first-order chi connectivity index (χ1) is 13.4. The number of anilines is 1. The minimum Gasteiger partial charge on any atom is -0.495 e. The van der Waals surface area contributed by atoms with E-state index in [1.54, 1.807) is 35.7 Å². The summed E-state index contributed by atoms with van der Waals surface area (Å²) in [6.07, 6.45) is 0. The molecule has 3 rings (SSSR count). The van der Waals surface area contributed by atoms with Crippen molar-refractivity contribution in [2.45, 2.75) is 4.90 Å². The highest BCUT2D eigenvalue weighted by Crippen LogP contribution is 2.37. The molecular formula is C19H16ClNO5S2. The zero-order valence-electron chi connectivity index (χ0n) is 14.9. The third-order valence-electron chi connectivity index (χ3n) is 3.87. The van der Waals surface area contributed by atoms with Gasteiger partial charge in [-0.2, -0.15) is 0 Å². The van der Waals surface area contributed by atoms with Crippen LogP contribution in [-0.4, -0.2) is 28.6 Å². The van der Waals surface area contributed by atoms with Crippen molar-refractivity contribution >= 4 is 44.6 Å². The molecule has 2 aromatic carbocycles. The molecule has 28 heavy (non-hydrogen) atoms. The normalized spacial score (nSPS) is 11.1. The molecule has 6 nitrogen and oxygen atoms in total. The largest absolute Gasteiger partial charge is 0.495 e. The highest BCUT2D eigenvalue weighted by Gasteiger charge is 2.30. The van der Waals surface area contributed by atoms with E-state index >= 15 is 0 Å². The summed E-state index contributed by atoms with van der Waals surface area (Å²) in [4.78, 5) is 12.0. The summed E-state index contributed by atoms with van der Waals surface area (Å²) in [7, 11) is -1.44. The zero-order chi connectivity index (χ0) is 20.3. The summed E-state index contributed by atoms with van der Waals surface area (Å²) in [5.41, 5.74) is 1.33. The maximum Gasteiger partial charge on any atom is 0.349 e. The number of carbonyl (C=O) groups excluding carboxylic acids is 1. The van der Waals surface area contributed by atoms with Gasteiger partial charge in [0.2, 0.25) is 0 Å². The number of ether oxygens (including phenoxy) is 2. The van der Waals surface area contributed by atoms with E-state index in [1.165, 1.54) is 26.4 Å². The Morgan fingerprint density at radius 2 is 1.82 bits per heavy atom. The molecule has 146 valence electrons. The monoisotopic (exact) mass is 437 g/mol. The molecule has 0 aliphatic rings. The van der Waals surface area contributed by atoms with Gasteiger partial charge in [0.1, 0.15) is 15.5 Å². The summed E-state index contributed by atoms with van der Waals surface area (Å²) in [5, 5.41) is 1.88. The van der Waals surface area contributed by atoms with Crippen molar-refractivity contribution in [2.24, 2.45) is 0 Å². The van der Waals surface area contributed by atoms with Crippen LogP contribution in [0.2, 0.25) is 5.02 Å². The molecule has 9 heteroatoms. The van der Waals surface area contributed by atoms with Crippen LogP contribution < -0.4 is 9.46 Å².